The third-order valence-electron chi connectivity index (χ3n) is 3.36. The lowest BCUT2D eigenvalue weighted by Crippen LogP contribution is -2.11. The van der Waals surface area contributed by atoms with Crippen LogP contribution in [0.25, 0.3) is 0 Å². The highest BCUT2D eigenvalue weighted by atomic mass is 15.3. The smallest absolute Gasteiger partial charge is 0.0731 e. The molecule has 1 unspecified atom stereocenters. The van der Waals surface area contributed by atoms with Gasteiger partial charge in [-0.15, -0.1) is 0 Å². The summed E-state index contributed by atoms with van der Waals surface area (Å²) in [5.41, 5.74) is 5.78. The van der Waals surface area contributed by atoms with Crippen LogP contribution in [0.4, 0.5) is 5.69 Å². The van der Waals surface area contributed by atoms with Gasteiger partial charge >= 0.3 is 0 Å². The molecule has 4 nitrogen and oxygen atoms in total. The van der Waals surface area contributed by atoms with Crippen molar-refractivity contribution in [1.29, 1.82) is 0 Å². The lowest BCUT2D eigenvalue weighted by Gasteiger charge is -2.19. The summed E-state index contributed by atoms with van der Waals surface area (Å²) in [5, 5.41) is 7.77. The molecule has 0 radical (unpaired) electrons. The zero-order valence-electron chi connectivity index (χ0n) is 12.4. The van der Waals surface area contributed by atoms with E-state index in [1.165, 1.54) is 11.1 Å². The van der Waals surface area contributed by atoms with Crippen LogP contribution in [0.2, 0.25) is 0 Å². The molecule has 0 amide bonds. The van der Waals surface area contributed by atoms with Gasteiger partial charge in [0.1, 0.15) is 0 Å². The van der Waals surface area contributed by atoms with Crippen molar-refractivity contribution >= 4 is 5.69 Å². The second-order valence-electron chi connectivity index (χ2n) is 5.03. The first kappa shape index (κ1) is 13.6. The van der Waals surface area contributed by atoms with Crippen molar-refractivity contribution in [2.45, 2.75) is 47.2 Å². The van der Waals surface area contributed by atoms with Gasteiger partial charge in [0.25, 0.3) is 0 Å². The van der Waals surface area contributed by atoms with Gasteiger partial charge < -0.3 is 5.32 Å². The molecule has 2 heterocycles. The largest absolute Gasteiger partial charge is 0.376 e. The van der Waals surface area contributed by atoms with Crippen LogP contribution in [0.5, 0.6) is 0 Å². The van der Waals surface area contributed by atoms with Crippen molar-refractivity contribution in [2.24, 2.45) is 0 Å². The molecule has 102 valence electrons. The minimum atomic E-state index is 0.225. The molecule has 0 aliphatic rings. The van der Waals surface area contributed by atoms with E-state index in [0.29, 0.717) is 0 Å². The molecule has 0 fully saturated rings. The van der Waals surface area contributed by atoms with Gasteiger partial charge in [-0.05, 0) is 51.8 Å². The fourth-order valence-corrected chi connectivity index (χ4v) is 2.62. The van der Waals surface area contributed by atoms with Crippen molar-refractivity contribution in [3.63, 3.8) is 0 Å². The zero-order valence-corrected chi connectivity index (χ0v) is 12.4. The van der Waals surface area contributed by atoms with Crippen molar-refractivity contribution in [3.8, 4) is 0 Å². The van der Waals surface area contributed by atoms with E-state index in [-0.39, 0.29) is 6.04 Å². The van der Waals surface area contributed by atoms with Crippen molar-refractivity contribution in [1.82, 2.24) is 14.8 Å². The Morgan fingerprint density at radius 2 is 2.05 bits per heavy atom. The molecule has 2 aromatic rings. The summed E-state index contributed by atoms with van der Waals surface area (Å²) in [6.45, 7) is 11.4. The van der Waals surface area contributed by atoms with Crippen LogP contribution in [0.1, 0.15) is 42.4 Å². The number of anilines is 1. The van der Waals surface area contributed by atoms with Crippen LogP contribution in [0.15, 0.2) is 18.5 Å². The summed E-state index contributed by atoms with van der Waals surface area (Å²) in [5.74, 6) is 0. The fraction of sp³-hybridized carbons (Fsp3) is 0.467. The number of nitrogens with one attached hydrogen (secondary N) is 1. The van der Waals surface area contributed by atoms with Crippen molar-refractivity contribution in [2.75, 3.05) is 5.32 Å². The molecular formula is C15H22N4. The van der Waals surface area contributed by atoms with E-state index in [0.717, 1.165) is 23.6 Å². The molecule has 4 heteroatoms. The molecule has 2 rings (SSSR count). The van der Waals surface area contributed by atoms with Gasteiger partial charge in [-0.2, -0.15) is 5.10 Å². The van der Waals surface area contributed by atoms with E-state index in [4.69, 9.17) is 0 Å². The maximum absolute atomic E-state index is 4.56. The number of pyridine rings is 1. The van der Waals surface area contributed by atoms with Gasteiger partial charge in [0.05, 0.1) is 17.9 Å². The summed E-state index contributed by atoms with van der Waals surface area (Å²) in [4.78, 5) is 4.56. The topological polar surface area (TPSA) is 42.7 Å². The van der Waals surface area contributed by atoms with Gasteiger partial charge in [0, 0.05) is 24.1 Å². The van der Waals surface area contributed by atoms with Crippen molar-refractivity contribution < 1.29 is 0 Å². The van der Waals surface area contributed by atoms with E-state index in [2.05, 4.69) is 49.2 Å². The number of rotatable bonds is 4. The minimum Gasteiger partial charge on any atom is -0.376 e. The van der Waals surface area contributed by atoms with E-state index in [9.17, 15) is 0 Å². The molecule has 0 saturated carbocycles. The number of aryl methyl sites for hydroxylation is 4. The summed E-state index contributed by atoms with van der Waals surface area (Å²) in [6.07, 6.45) is 3.90. The van der Waals surface area contributed by atoms with Gasteiger partial charge in [-0.3, -0.25) is 9.67 Å². The van der Waals surface area contributed by atoms with Gasteiger partial charge in [0.2, 0.25) is 0 Å². The third-order valence-corrected chi connectivity index (χ3v) is 3.36. The highest BCUT2D eigenvalue weighted by Gasteiger charge is 2.13. The predicted molar refractivity (Wildman–Crippen MR) is 78.4 cm³/mol. The molecule has 0 aliphatic carbocycles. The number of aromatic nitrogens is 3. The number of hydrogen-bond donors (Lipinski definition) is 1. The first-order valence-corrected chi connectivity index (χ1v) is 6.75. The molecule has 0 spiro atoms. The van der Waals surface area contributed by atoms with E-state index in [1.807, 2.05) is 24.0 Å². The number of nitrogens with zero attached hydrogens (tertiary/aromatic N) is 3. The monoisotopic (exact) mass is 258 g/mol. The lowest BCUT2D eigenvalue weighted by molar-refractivity contribution is 0.660. The zero-order chi connectivity index (χ0) is 14.0. The Morgan fingerprint density at radius 1 is 1.32 bits per heavy atom. The molecule has 0 aliphatic heterocycles. The highest BCUT2D eigenvalue weighted by molar-refractivity contribution is 5.44. The molecule has 2 aromatic heterocycles. The Hall–Kier alpha value is -1.84. The van der Waals surface area contributed by atoms with Gasteiger partial charge in [0.15, 0.2) is 0 Å². The van der Waals surface area contributed by atoms with Crippen LogP contribution < -0.4 is 5.32 Å². The molecule has 1 N–H and O–H groups in total. The highest BCUT2D eigenvalue weighted by Crippen LogP contribution is 2.24. The van der Waals surface area contributed by atoms with Crippen LogP contribution in [-0.2, 0) is 6.54 Å². The standard InChI is InChI=1S/C15H22N4/c1-6-19-9-14(8-16-19)18-13(5)15-10(2)7-11(3)17-12(15)4/h7-9,13,18H,6H2,1-5H3. The first-order valence-electron chi connectivity index (χ1n) is 6.75. The van der Waals surface area contributed by atoms with Crippen LogP contribution in [0, 0.1) is 20.8 Å². The maximum atomic E-state index is 4.56. The summed E-state index contributed by atoms with van der Waals surface area (Å²) in [7, 11) is 0. The Morgan fingerprint density at radius 3 is 2.63 bits per heavy atom. The lowest BCUT2D eigenvalue weighted by atomic mass is 10.0. The summed E-state index contributed by atoms with van der Waals surface area (Å²) < 4.78 is 1.92. The molecule has 1 atom stereocenters. The average Bonchev–Trinajstić information content (AvgIpc) is 2.75. The third kappa shape index (κ3) is 2.95. The minimum absolute atomic E-state index is 0.225. The Kier molecular flexibility index (Phi) is 3.88. The molecule has 0 aromatic carbocycles. The molecule has 19 heavy (non-hydrogen) atoms. The molecule has 0 bridgehead atoms. The predicted octanol–water partition coefficient (Wildman–Crippen LogP) is 3.40. The van der Waals surface area contributed by atoms with Crippen LogP contribution >= 0.6 is 0 Å². The Bertz CT molecular complexity index is 548. The number of hydrogen-bond acceptors (Lipinski definition) is 3. The van der Waals surface area contributed by atoms with E-state index in [1.54, 1.807) is 0 Å². The van der Waals surface area contributed by atoms with Gasteiger partial charge in [-0.1, -0.05) is 0 Å². The maximum Gasteiger partial charge on any atom is 0.0731 e. The second-order valence-corrected chi connectivity index (χ2v) is 5.03. The quantitative estimate of drug-likeness (QED) is 0.914. The first-order chi connectivity index (χ1) is 9.01. The van der Waals surface area contributed by atoms with Crippen LogP contribution in [0.3, 0.4) is 0 Å². The van der Waals surface area contributed by atoms with E-state index < -0.39 is 0 Å². The molecular weight excluding hydrogens is 236 g/mol. The van der Waals surface area contributed by atoms with E-state index >= 15 is 0 Å². The Labute approximate surface area is 114 Å². The fourth-order valence-electron chi connectivity index (χ4n) is 2.62. The second kappa shape index (κ2) is 5.43. The summed E-state index contributed by atoms with van der Waals surface area (Å²) >= 11 is 0. The van der Waals surface area contributed by atoms with Crippen LogP contribution in [-0.4, -0.2) is 14.8 Å². The van der Waals surface area contributed by atoms with Crippen molar-refractivity contribution in [3.05, 3.63) is 41.0 Å². The SMILES string of the molecule is CCn1cc(NC(C)c2c(C)cc(C)nc2C)cn1. The Balaban J connectivity index is 2.22. The normalized spacial score (nSPS) is 12.5. The average molecular weight is 258 g/mol. The summed E-state index contributed by atoms with van der Waals surface area (Å²) in [6, 6.07) is 2.36. The van der Waals surface area contributed by atoms with Gasteiger partial charge in [-0.25, -0.2) is 0 Å². The molecule has 0 saturated heterocycles.